The molecule has 2 aromatic heterocycles. The monoisotopic (exact) mass is 309 g/mol. The molecule has 0 radical (unpaired) electrons. The highest BCUT2D eigenvalue weighted by molar-refractivity contribution is 5.95. The van der Waals surface area contributed by atoms with E-state index in [1.165, 1.54) is 10.9 Å². The van der Waals surface area contributed by atoms with Crippen molar-refractivity contribution in [2.45, 2.75) is 20.3 Å². The summed E-state index contributed by atoms with van der Waals surface area (Å²) in [5, 5.41) is 20.5. The van der Waals surface area contributed by atoms with Gasteiger partial charge in [-0.15, -0.1) is 0 Å². The van der Waals surface area contributed by atoms with Gasteiger partial charge in [0.05, 0.1) is 12.6 Å². The minimum atomic E-state index is -0.278. The van der Waals surface area contributed by atoms with Crippen molar-refractivity contribution in [1.29, 1.82) is 5.26 Å². The summed E-state index contributed by atoms with van der Waals surface area (Å²) in [6, 6.07) is 5.91. The number of carbonyl (C=O) groups excluding carboxylic acids is 1. The Balaban J connectivity index is 1.87. The first kappa shape index (κ1) is 14.8. The molecule has 116 valence electrons. The highest BCUT2D eigenvalue weighted by Gasteiger charge is 2.17. The predicted octanol–water partition coefficient (Wildman–Crippen LogP) is 2.23. The van der Waals surface area contributed by atoms with Crippen LogP contribution in [-0.2, 0) is 18.3 Å². The molecule has 0 aliphatic heterocycles. The van der Waals surface area contributed by atoms with Crippen LogP contribution < -0.4 is 5.32 Å². The quantitative estimate of drug-likeness (QED) is 0.800. The van der Waals surface area contributed by atoms with Gasteiger partial charge >= 0.3 is 0 Å². The molecule has 1 aromatic carbocycles. The average molecular weight is 309 g/mol. The highest BCUT2D eigenvalue weighted by atomic mass is 16.5. The summed E-state index contributed by atoms with van der Waals surface area (Å²) < 4.78 is 6.77. The molecule has 0 saturated heterocycles. The zero-order valence-corrected chi connectivity index (χ0v) is 13.0. The summed E-state index contributed by atoms with van der Waals surface area (Å²) in [6.07, 6.45) is 1.47. The lowest BCUT2D eigenvalue weighted by atomic mass is 10.0. The third-order valence-corrected chi connectivity index (χ3v) is 3.63. The molecule has 0 unspecified atom stereocenters. The Hall–Kier alpha value is -3.14. The number of hydrogen-bond acceptors (Lipinski definition) is 5. The number of carbonyl (C=O) groups is 1. The summed E-state index contributed by atoms with van der Waals surface area (Å²) in [4.78, 5) is 12.3. The van der Waals surface area contributed by atoms with Crippen LogP contribution in [0.3, 0.4) is 0 Å². The van der Waals surface area contributed by atoms with Gasteiger partial charge < -0.3 is 9.84 Å². The van der Waals surface area contributed by atoms with E-state index in [1.807, 2.05) is 32.0 Å². The number of hydrogen-bond donors (Lipinski definition) is 1. The average Bonchev–Trinajstić information content (AvgIpc) is 3.04. The van der Waals surface area contributed by atoms with E-state index in [1.54, 1.807) is 7.05 Å². The van der Waals surface area contributed by atoms with Crippen molar-refractivity contribution in [2.75, 3.05) is 5.32 Å². The summed E-state index contributed by atoms with van der Waals surface area (Å²) in [5.41, 5.74) is 3.66. The fraction of sp³-hybridized carbons (Fsp3) is 0.250. The van der Waals surface area contributed by atoms with E-state index < -0.39 is 0 Å². The molecule has 2 heterocycles. The number of amides is 1. The van der Waals surface area contributed by atoms with Crippen LogP contribution >= 0.6 is 0 Å². The van der Waals surface area contributed by atoms with Gasteiger partial charge in [-0.25, -0.2) is 0 Å². The van der Waals surface area contributed by atoms with Crippen LogP contribution in [-0.4, -0.2) is 20.8 Å². The van der Waals surface area contributed by atoms with Crippen LogP contribution in [0.25, 0.3) is 11.0 Å². The zero-order valence-electron chi connectivity index (χ0n) is 13.0. The van der Waals surface area contributed by atoms with Gasteiger partial charge in [0.1, 0.15) is 23.1 Å². The number of fused-ring (bicyclic) bond motifs is 1. The molecule has 0 saturated carbocycles. The van der Waals surface area contributed by atoms with Crippen LogP contribution in [0, 0.1) is 25.2 Å². The molecule has 3 aromatic rings. The molecular weight excluding hydrogens is 294 g/mol. The lowest BCUT2D eigenvalue weighted by Crippen LogP contribution is -2.17. The van der Waals surface area contributed by atoms with Crippen LogP contribution in [0.4, 0.5) is 5.82 Å². The number of nitrogens with zero attached hydrogens (tertiary/aromatic N) is 4. The second kappa shape index (κ2) is 5.57. The minimum Gasteiger partial charge on any atom is -0.356 e. The number of rotatable bonds is 3. The Bertz CT molecular complexity index is 945. The number of aromatic nitrogens is 3. The summed E-state index contributed by atoms with van der Waals surface area (Å²) in [6.45, 7) is 3.94. The smallest absolute Gasteiger partial charge is 0.231 e. The van der Waals surface area contributed by atoms with Crippen molar-refractivity contribution in [3.8, 4) is 6.07 Å². The molecule has 0 fully saturated rings. The Morgan fingerprint density at radius 1 is 1.43 bits per heavy atom. The van der Waals surface area contributed by atoms with Crippen molar-refractivity contribution in [3.63, 3.8) is 0 Å². The second-order valence-corrected chi connectivity index (χ2v) is 5.45. The maximum absolute atomic E-state index is 12.3. The molecular formula is C16H15N5O2. The molecule has 0 aliphatic carbocycles. The van der Waals surface area contributed by atoms with Gasteiger partial charge in [-0.05, 0) is 31.0 Å². The maximum atomic E-state index is 12.3. The molecule has 23 heavy (non-hydrogen) atoms. The first-order valence-electron chi connectivity index (χ1n) is 7.07. The van der Waals surface area contributed by atoms with Gasteiger partial charge in [0.15, 0.2) is 5.58 Å². The van der Waals surface area contributed by atoms with Crippen molar-refractivity contribution in [2.24, 2.45) is 7.05 Å². The second-order valence-electron chi connectivity index (χ2n) is 5.45. The molecule has 3 rings (SSSR count). The number of aryl methyl sites for hydroxylation is 3. The largest absolute Gasteiger partial charge is 0.356 e. The van der Waals surface area contributed by atoms with Gasteiger partial charge in [0, 0.05) is 12.4 Å². The molecule has 7 heteroatoms. The van der Waals surface area contributed by atoms with Crippen LogP contribution in [0.2, 0.25) is 0 Å². The molecule has 0 spiro atoms. The molecule has 0 aliphatic rings. The fourth-order valence-corrected chi connectivity index (χ4v) is 2.64. The molecule has 0 atom stereocenters. The Kier molecular flexibility index (Phi) is 3.58. The number of nitrogens with one attached hydrogen (secondary N) is 1. The third-order valence-electron chi connectivity index (χ3n) is 3.63. The van der Waals surface area contributed by atoms with E-state index in [-0.39, 0.29) is 12.3 Å². The van der Waals surface area contributed by atoms with E-state index in [4.69, 9.17) is 9.78 Å². The molecule has 1 N–H and O–H groups in total. The standard InChI is InChI=1S/C16H15N5O2/c1-9-4-10(2)15-12(20-23-13(15)5-9)6-14(22)19-16-11(7-17)8-18-21(16)3/h4-5,8H,6H2,1-3H3,(H,19,22). The van der Waals surface area contributed by atoms with Gasteiger partial charge in [-0.1, -0.05) is 11.2 Å². The molecule has 7 nitrogen and oxygen atoms in total. The van der Waals surface area contributed by atoms with Gasteiger partial charge in [-0.3, -0.25) is 9.48 Å². The normalized spacial score (nSPS) is 10.7. The Morgan fingerprint density at radius 2 is 2.22 bits per heavy atom. The van der Waals surface area contributed by atoms with Crippen LogP contribution in [0.5, 0.6) is 0 Å². The van der Waals surface area contributed by atoms with Crippen molar-refractivity contribution in [1.82, 2.24) is 14.9 Å². The van der Waals surface area contributed by atoms with E-state index in [0.717, 1.165) is 16.5 Å². The summed E-state index contributed by atoms with van der Waals surface area (Å²) >= 11 is 0. The van der Waals surface area contributed by atoms with E-state index in [2.05, 4.69) is 15.6 Å². The Morgan fingerprint density at radius 3 is 2.96 bits per heavy atom. The van der Waals surface area contributed by atoms with E-state index in [0.29, 0.717) is 22.7 Å². The first-order chi connectivity index (χ1) is 11.0. The van der Waals surface area contributed by atoms with Crippen molar-refractivity contribution in [3.05, 3.63) is 40.7 Å². The predicted molar refractivity (Wildman–Crippen MR) is 83.7 cm³/mol. The molecule has 0 bridgehead atoms. The van der Waals surface area contributed by atoms with E-state index >= 15 is 0 Å². The Labute approximate surface area is 132 Å². The highest BCUT2D eigenvalue weighted by Crippen LogP contribution is 2.24. The van der Waals surface area contributed by atoms with E-state index in [9.17, 15) is 4.79 Å². The number of anilines is 1. The van der Waals surface area contributed by atoms with Crippen LogP contribution in [0.15, 0.2) is 22.9 Å². The zero-order chi connectivity index (χ0) is 16.6. The minimum absolute atomic E-state index is 0.0624. The van der Waals surface area contributed by atoms with Crippen molar-refractivity contribution >= 4 is 22.7 Å². The van der Waals surface area contributed by atoms with Gasteiger partial charge in [0.2, 0.25) is 5.91 Å². The third kappa shape index (κ3) is 2.66. The first-order valence-corrected chi connectivity index (χ1v) is 7.07. The fourth-order valence-electron chi connectivity index (χ4n) is 2.64. The maximum Gasteiger partial charge on any atom is 0.231 e. The van der Waals surface area contributed by atoms with Crippen molar-refractivity contribution < 1.29 is 9.32 Å². The lowest BCUT2D eigenvalue weighted by Gasteiger charge is -2.05. The SMILES string of the molecule is Cc1cc(C)c2c(CC(=O)Nc3c(C#N)cnn3C)noc2c1. The van der Waals surface area contributed by atoms with Gasteiger partial charge in [-0.2, -0.15) is 10.4 Å². The lowest BCUT2D eigenvalue weighted by molar-refractivity contribution is -0.115. The number of benzene rings is 1. The topological polar surface area (TPSA) is 96.7 Å². The van der Waals surface area contributed by atoms with Gasteiger partial charge in [0.25, 0.3) is 0 Å². The summed E-state index contributed by atoms with van der Waals surface area (Å²) in [7, 11) is 1.66. The molecule has 1 amide bonds. The van der Waals surface area contributed by atoms with Crippen LogP contribution in [0.1, 0.15) is 22.4 Å². The summed E-state index contributed by atoms with van der Waals surface area (Å²) in [5.74, 6) is 0.0955. The number of nitriles is 1.